The first kappa shape index (κ1) is 20.9. The van der Waals surface area contributed by atoms with Crippen LogP contribution in [0.2, 0.25) is 0 Å². The number of hydrazine groups is 1. The van der Waals surface area contributed by atoms with Gasteiger partial charge in [-0.1, -0.05) is 0 Å². The van der Waals surface area contributed by atoms with E-state index in [1.807, 2.05) is 6.92 Å². The summed E-state index contributed by atoms with van der Waals surface area (Å²) >= 11 is 0. The fraction of sp³-hybridized carbons (Fsp3) is 0.250. The molecule has 0 aromatic heterocycles. The van der Waals surface area contributed by atoms with Crippen LogP contribution >= 0.6 is 0 Å². The van der Waals surface area contributed by atoms with Crippen LogP contribution in [0.1, 0.15) is 34.6 Å². The number of nitrogens with one attached hydrogen (secondary N) is 3. The summed E-state index contributed by atoms with van der Waals surface area (Å²) in [6.45, 7) is 4.86. The van der Waals surface area contributed by atoms with Gasteiger partial charge in [-0.3, -0.25) is 25.2 Å². The molecule has 3 amide bonds. The summed E-state index contributed by atoms with van der Waals surface area (Å²) < 4.78 is 10.7. The third kappa shape index (κ3) is 6.73. The molecule has 0 heterocycles. The summed E-state index contributed by atoms with van der Waals surface area (Å²) in [6, 6.07) is 12.8. The molecule has 0 radical (unpaired) electrons. The molecule has 2 aromatic carbocycles. The molecule has 2 aromatic rings. The summed E-state index contributed by atoms with van der Waals surface area (Å²) in [7, 11) is 0. The Bertz CT molecular complexity index is 804. The lowest BCUT2D eigenvalue weighted by molar-refractivity contribution is -0.114. The highest BCUT2D eigenvalue weighted by atomic mass is 16.5. The summed E-state index contributed by atoms with van der Waals surface area (Å²) in [6.07, 6.45) is 0. The average Bonchev–Trinajstić information content (AvgIpc) is 2.70. The SMILES string of the molecule is CCOCCOc1ccc(C(=O)NNC(=O)c2ccc(NC(C)=O)cc2)cc1. The van der Waals surface area contributed by atoms with Crippen LogP contribution in [-0.4, -0.2) is 37.5 Å². The molecule has 0 bridgehead atoms. The van der Waals surface area contributed by atoms with E-state index in [2.05, 4.69) is 16.2 Å². The number of carbonyl (C=O) groups is 3. The lowest BCUT2D eigenvalue weighted by atomic mass is 10.2. The van der Waals surface area contributed by atoms with E-state index >= 15 is 0 Å². The second-order valence-corrected chi connectivity index (χ2v) is 5.74. The van der Waals surface area contributed by atoms with Gasteiger partial charge in [0.2, 0.25) is 5.91 Å². The third-order valence-corrected chi connectivity index (χ3v) is 3.57. The number of ether oxygens (including phenoxy) is 2. The van der Waals surface area contributed by atoms with Gasteiger partial charge in [-0.15, -0.1) is 0 Å². The lowest BCUT2D eigenvalue weighted by Crippen LogP contribution is -2.41. The van der Waals surface area contributed by atoms with Crippen molar-refractivity contribution in [3.63, 3.8) is 0 Å². The summed E-state index contributed by atoms with van der Waals surface area (Å²) in [5, 5.41) is 2.61. The van der Waals surface area contributed by atoms with Gasteiger partial charge in [0, 0.05) is 30.3 Å². The topological polar surface area (TPSA) is 106 Å². The minimum absolute atomic E-state index is 0.199. The summed E-state index contributed by atoms with van der Waals surface area (Å²) in [5.41, 5.74) is 6.00. The van der Waals surface area contributed by atoms with Gasteiger partial charge in [0.15, 0.2) is 0 Å². The Hall–Kier alpha value is -3.39. The van der Waals surface area contributed by atoms with Crippen molar-refractivity contribution in [3.05, 3.63) is 59.7 Å². The Morgan fingerprint density at radius 2 is 1.36 bits per heavy atom. The third-order valence-electron chi connectivity index (χ3n) is 3.57. The molecule has 0 saturated carbocycles. The van der Waals surface area contributed by atoms with Crippen LogP contribution < -0.4 is 20.9 Å². The van der Waals surface area contributed by atoms with E-state index in [9.17, 15) is 14.4 Å². The first-order valence-electron chi connectivity index (χ1n) is 8.78. The maximum atomic E-state index is 12.1. The van der Waals surface area contributed by atoms with Crippen LogP contribution in [0.3, 0.4) is 0 Å². The van der Waals surface area contributed by atoms with Gasteiger partial charge in [0.1, 0.15) is 12.4 Å². The maximum absolute atomic E-state index is 12.1. The molecule has 28 heavy (non-hydrogen) atoms. The van der Waals surface area contributed by atoms with Crippen molar-refractivity contribution in [2.75, 3.05) is 25.1 Å². The number of benzene rings is 2. The molecule has 2 rings (SSSR count). The molecule has 0 unspecified atom stereocenters. The minimum atomic E-state index is -0.474. The molecule has 3 N–H and O–H groups in total. The molecule has 148 valence electrons. The van der Waals surface area contributed by atoms with Crippen LogP contribution in [0.4, 0.5) is 5.69 Å². The number of amides is 3. The Balaban J connectivity index is 1.82. The highest BCUT2D eigenvalue weighted by Gasteiger charge is 2.09. The molecule has 0 fully saturated rings. The molecular weight excluding hydrogens is 362 g/mol. The zero-order valence-electron chi connectivity index (χ0n) is 15.8. The van der Waals surface area contributed by atoms with Gasteiger partial charge >= 0.3 is 0 Å². The quantitative estimate of drug-likeness (QED) is 0.477. The Morgan fingerprint density at radius 3 is 1.86 bits per heavy atom. The standard InChI is InChI=1S/C20H23N3O5/c1-3-27-12-13-28-18-10-6-16(7-11-18)20(26)23-22-19(25)15-4-8-17(9-5-15)21-14(2)24/h4-11H,3,12-13H2,1-2H3,(H,21,24)(H,22,25)(H,23,26). The highest BCUT2D eigenvalue weighted by molar-refractivity contribution is 5.99. The van der Waals surface area contributed by atoms with E-state index < -0.39 is 11.8 Å². The van der Waals surface area contributed by atoms with Gasteiger partial charge in [-0.05, 0) is 55.5 Å². The Labute approximate surface area is 163 Å². The van der Waals surface area contributed by atoms with Gasteiger partial charge < -0.3 is 14.8 Å². The lowest BCUT2D eigenvalue weighted by Gasteiger charge is -2.09. The van der Waals surface area contributed by atoms with Crippen LogP contribution in [0, 0.1) is 0 Å². The maximum Gasteiger partial charge on any atom is 0.269 e. The monoisotopic (exact) mass is 385 g/mol. The van der Waals surface area contributed by atoms with Gasteiger partial charge in [-0.2, -0.15) is 0 Å². The second-order valence-electron chi connectivity index (χ2n) is 5.74. The van der Waals surface area contributed by atoms with Crippen molar-refractivity contribution in [3.8, 4) is 5.75 Å². The molecule has 0 spiro atoms. The van der Waals surface area contributed by atoms with E-state index in [1.165, 1.54) is 6.92 Å². The molecule has 0 saturated heterocycles. The summed E-state index contributed by atoms with van der Waals surface area (Å²) in [4.78, 5) is 35.2. The van der Waals surface area contributed by atoms with Crippen molar-refractivity contribution >= 4 is 23.4 Å². The molecular formula is C20H23N3O5. The van der Waals surface area contributed by atoms with Crippen molar-refractivity contribution in [2.24, 2.45) is 0 Å². The fourth-order valence-electron chi connectivity index (χ4n) is 2.23. The van der Waals surface area contributed by atoms with Crippen LogP contribution in [0.15, 0.2) is 48.5 Å². The van der Waals surface area contributed by atoms with E-state index in [-0.39, 0.29) is 5.91 Å². The summed E-state index contributed by atoms with van der Waals surface area (Å²) in [5.74, 6) is -0.502. The predicted octanol–water partition coefficient (Wildman–Crippen LogP) is 2.14. The molecule has 0 aliphatic rings. The number of carbonyl (C=O) groups excluding carboxylic acids is 3. The Morgan fingerprint density at radius 1 is 0.821 bits per heavy atom. The molecule has 0 aliphatic heterocycles. The number of rotatable bonds is 8. The Kier molecular flexibility index (Phi) is 7.98. The fourth-order valence-corrected chi connectivity index (χ4v) is 2.23. The van der Waals surface area contributed by atoms with E-state index in [0.717, 1.165) is 0 Å². The average molecular weight is 385 g/mol. The van der Waals surface area contributed by atoms with Crippen molar-refractivity contribution in [1.82, 2.24) is 10.9 Å². The van der Waals surface area contributed by atoms with Crippen molar-refractivity contribution in [1.29, 1.82) is 0 Å². The minimum Gasteiger partial charge on any atom is -0.491 e. The van der Waals surface area contributed by atoms with Gasteiger partial charge in [0.05, 0.1) is 6.61 Å². The molecule has 0 aliphatic carbocycles. The molecule has 8 nitrogen and oxygen atoms in total. The second kappa shape index (κ2) is 10.7. The smallest absolute Gasteiger partial charge is 0.269 e. The van der Waals surface area contributed by atoms with Crippen molar-refractivity contribution < 1.29 is 23.9 Å². The largest absolute Gasteiger partial charge is 0.491 e. The predicted molar refractivity (Wildman–Crippen MR) is 104 cm³/mol. The molecule has 0 atom stereocenters. The highest BCUT2D eigenvalue weighted by Crippen LogP contribution is 2.12. The first-order chi connectivity index (χ1) is 13.5. The normalized spacial score (nSPS) is 10.1. The van der Waals surface area contributed by atoms with Crippen LogP contribution in [-0.2, 0) is 9.53 Å². The van der Waals surface area contributed by atoms with Crippen LogP contribution in [0.5, 0.6) is 5.75 Å². The first-order valence-corrected chi connectivity index (χ1v) is 8.78. The number of anilines is 1. The van der Waals surface area contributed by atoms with Gasteiger partial charge in [-0.25, -0.2) is 0 Å². The number of hydrogen-bond donors (Lipinski definition) is 3. The van der Waals surface area contributed by atoms with Crippen LogP contribution in [0.25, 0.3) is 0 Å². The van der Waals surface area contributed by atoms with Gasteiger partial charge in [0.25, 0.3) is 11.8 Å². The zero-order chi connectivity index (χ0) is 20.4. The van der Waals surface area contributed by atoms with Crippen molar-refractivity contribution in [2.45, 2.75) is 13.8 Å². The number of hydrogen-bond acceptors (Lipinski definition) is 5. The van der Waals surface area contributed by atoms with E-state index in [0.29, 0.717) is 42.4 Å². The zero-order valence-corrected chi connectivity index (χ0v) is 15.8. The van der Waals surface area contributed by atoms with E-state index in [1.54, 1.807) is 48.5 Å². The molecule has 8 heteroatoms. The van der Waals surface area contributed by atoms with E-state index in [4.69, 9.17) is 9.47 Å².